The largest absolute Gasteiger partial charge is 0.495 e. The van der Waals surface area contributed by atoms with Crippen LogP contribution in [0.1, 0.15) is 6.92 Å². The minimum atomic E-state index is -3.19. The van der Waals surface area contributed by atoms with Crippen LogP contribution in [0.25, 0.3) is 0 Å². The molecule has 0 bridgehead atoms. The van der Waals surface area contributed by atoms with Gasteiger partial charge in [-0.25, -0.2) is 13.1 Å². The Morgan fingerprint density at radius 3 is 2.75 bits per heavy atom. The van der Waals surface area contributed by atoms with Crippen LogP contribution in [0.5, 0.6) is 5.75 Å². The number of rotatable bonds is 7. The number of nitrogens with two attached hydrogens (primary N) is 1. The summed E-state index contributed by atoms with van der Waals surface area (Å²) in [5.74, 6) is 0.897. The molecule has 0 heterocycles. The van der Waals surface area contributed by atoms with Gasteiger partial charge < -0.3 is 15.8 Å². The smallest absolute Gasteiger partial charge is 0.211 e. The molecule has 0 radical (unpaired) electrons. The molecule has 0 aliphatic heterocycles. The zero-order valence-corrected chi connectivity index (χ0v) is 12.4. The van der Waals surface area contributed by atoms with Crippen molar-refractivity contribution < 1.29 is 13.2 Å². The third kappa shape index (κ3) is 5.45. The van der Waals surface area contributed by atoms with Crippen molar-refractivity contribution in [3.05, 3.63) is 24.3 Å². The lowest BCUT2D eigenvalue weighted by atomic mass is 10.3. The summed E-state index contributed by atoms with van der Waals surface area (Å²) in [5, 5.41) is 2.90. The lowest BCUT2D eigenvalue weighted by molar-refractivity contribution is 0.417. The van der Waals surface area contributed by atoms with Crippen LogP contribution in [-0.2, 0) is 10.0 Å². The summed E-state index contributed by atoms with van der Waals surface area (Å²) in [6.07, 6.45) is 0. The topological polar surface area (TPSA) is 106 Å². The number of nitrogens with zero attached hydrogens (tertiary/aromatic N) is 1. The average Bonchev–Trinajstić information content (AvgIpc) is 2.44. The fourth-order valence-corrected chi connectivity index (χ4v) is 2.01. The fraction of sp³-hybridized carbons (Fsp3) is 0.417. The van der Waals surface area contributed by atoms with Gasteiger partial charge in [0.05, 0.1) is 25.1 Å². The molecule has 0 saturated heterocycles. The van der Waals surface area contributed by atoms with Crippen molar-refractivity contribution in [2.45, 2.75) is 6.92 Å². The molecule has 4 N–H and O–H groups in total. The molecule has 0 spiro atoms. The molecule has 0 atom stereocenters. The van der Waals surface area contributed by atoms with E-state index in [0.717, 1.165) is 0 Å². The van der Waals surface area contributed by atoms with Gasteiger partial charge in [0.1, 0.15) is 5.75 Å². The number of nitrogens with one attached hydrogen (secondary N) is 2. The van der Waals surface area contributed by atoms with E-state index in [2.05, 4.69) is 15.0 Å². The maximum absolute atomic E-state index is 11.2. The van der Waals surface area contributed by atoms with Crippen LogP contribution in [0.15, 0.2) is 29.3 Å². The first-order chi connectivity index (χ1) is 9.48. The number of hydrogen-bond acceptors (Lipinski definition) is 4. The van der Waals surface area contributed by atoms with Crippen molar-refractivity contribution in [2.24, 2.45) is 10.7 Å². The Balaban J connectivity index is 2.50. The minimum absolute atomic E-state index is 0.0473. The number of aliphatic imine (C=N–C) groups is 1. The van der Waals surface area contributed by atoms with E-state index in [4.69, 9.17) is 10.5 Å². The van der Waals surface area contributed by atoms with Gasteiger partial charge in [-0.15, -0.1) is 0 Å². The van der Waals surface area contributed by atoms with Crippen LogP contribution in [0.3, 0.4) is 0 Å². The molecule has 20 heavy (non-hydrogen) atoms. The van der Waals surface area contributed by atoms with E-state index in [1.54, 1.807) is 26.2 Å². The number of benzene rings is 1. The number of guanidine groups is 1. The quantitative estimate of drug-likeness (QED) is 0.383. The highest BCUT2D eigenvalue weighted by Gasteiger charge is 2.05. The van der Waals surface area contributed by atoms with E-state index in [1.807, 2.05) is 12.1 Å². The van der Waals surface area contributed by atoms with Crippen LogP contribution in [0.2, 0.25) is 0 Å². The first-order valence-electron chi connectivity index (χ1n) is 6.16. The molecule has 8 heteroatoms. The molecule has 112 valence electrons. The summed E-state index contributed by atoms with van der Waals surface area (Å²) < 4.78 is 30.0. The van der Waals surface area contributed by atoms with Gasteiger partial charge in [0.25, 0.3) is 0 Å². The van der Waals surface area contributed by atoms with Crippen molar-refractivity contribution >= 4 is 21.7 Å². The van der Waals surface area contributed by atoms with Gasteiger partial charge in [0.2, 0.25) is 10.0 Å². The predicted octanol–water partition coefficient (Wildman–Crippen LogP) is 0.361. The van der Waals surface area contributed by atoms with Crippen LogP contribution >= 0.6 is 0 Å². The maximum Gasteiger partial charge on any atom is 0.211 e. The Kier molecular flexibility index (Phi) is 6.26. The van der Waals surface area contributed by atoms with E-state index in [9.17, 15) is 8.42 Å². The molecule has 0 fully saturated rings. The number of sulfonamides is 1. The Morgan fingerprint density at radius 2 is 2.10 bits per heavy atom. The molecule has 0 saturated carbocycles. The van der Waals surface area contributed by atoms with Crippen LogP contribution in [0, 0.1) is 0 Å². The normalized spacial score (nSPS) is 12.2. The Hall–Kier alpha value is -1.80. The van der Waals surface area contributed by atoms with Gasteiger partial charge >= 0.3 is 0 Å². The third-order valence-corrected chi connectivity index (χ3v) is 3.87. The Morgan fingerprint density at radius 1 is 1.40 bits per heavy atom. The summed E-state index contributed by atoms with van der Waals surface area (Å²) in [6.45, 7) is 2.04. The zero-order chi connectivity index (χ0) is 15.0. The van der Waals surface area contributed by atoms with E-state index in [-0.39, 0.29) is 24.8 Å². The van der Waals surface area contributed by atoms with Crippen LogP contribution < -0.4 is 20.5 Å². The molecule has 0 unspecified atom stereocenters. The summed E-state index contributed by atoms with van der Waals surface area (Å²) >= 11 is 0. The molecule has 1 aromatic carbocycles. The SMILES string of the molecule is CCS(=O)(=O)NCCN=C(N)Nc1ccccc1OC. The average molecular weight is 300 g/mol. The fourth-order valence-electron chi connectivity index (χ4n) is 1.40. The monoisotopic (exact) mass is 300 g/mol. The second-order valence-corrected chi connectivity index (χ2v) is 5.99. The second-order valence-electron chi connectivity index (χ2n) is 3.89. The van der Waals surface area contributed by atoms with E-state index < -0.39 is 10.0 Å². The zero-order valence-electron chi connectivity index (χ0n) is 11.6. The molecule has 7 nitrogen and oxygen atoms in total. The van der Waals surface area contributed by atoms with Crippen LogP contribution in [0.4, 0.5) is 5.69 Å². The molecular weight excluding hydrogens is 280 g/mol. The van der Waals surface area contributed by atoms with Crippen molar-refractivity contribution in [3.8, 4) is 5.75 Å². The first-order valence-corrected chi connectivity index (χ1v) is 7.81. The minimum Gasteiger partial charge on any atom is -0.495 e. The lowest BCUT2D eigenvalue weighted by Gasteiger charge is -2.10. The number of hydrogen-bond donors (Lipinski definition) is 3. The Bertz CT molecular complexity index is 558. The first kappa shape index (κ1) is 16.3. The Labute approximate surface area is 119 Å². The summed E-state index contributed by atoms with van der Waals surface area (Å²) in [6, 6.07) is 7.29. The highest BCUT2D eigenvalue weighted by atomic mass is 32.2. The number of ether oxygens (including phenoxy) is 1. The lowest BCUT2D eigenvalue weighted by Crippen LogP contribution is -2.29. The van der Waals surface area contributed by atoms with Gasteiger partial charge in [0, 0.05) is 6.54 Å². The summed E-state index contributed by atoms with van der Waals surface area (Å²) in [7, 11) is -1.62. The molecule has 0 amide bonds. The second kappa shape index (κ2) is 7.71. The number of methoxy groups -OCH3 is 1. The van der Waals surface area contributed by atoms with Crippen LogP contribution in [-0.4, -0.2) is 40.3 Å². The molecule has 0 aliphatic rings. The van der Waals surface area contributed by atoms with Crippen molar-refractivity contribution in [1.82, 2.24) is 4.72 Å². The number of anilines is 1. The van der Waals surface area contributed by atoms with Crippen molar-refractivity contribution in [1.29, 1.82) is 0 Å². The molecular formula is C12H20N4O3S. The van der Waals surface area contributed by atoms with Gasteiger partial charge in [-0.2, -0.15) is 0 Å². The number of para-hydroxylation sites is 2. The molecule has 0 aliphatic carbocycles. The summed E-state index contributed by atoms with van der Waals surface area (Å²) in [4.78, 5) is 4.03. The summed E-state index contributed by atoms with van der Waals surface area (Å²) in [5.41, 5.74) is 6.42. The van der Waals surface area contributed by atoms with Gasteiger partial charge in [-0.05, 0) is 19.1 Å². The molecule has 1 aromatic rings. The maximum atomic E-state index is 11.2. The van der Waals surface area contributed by atoms with Crippen molar-refractivity contribution in [3.63, 3.8) is 0 Å². The predicted molar refractivity (Wildman–Crippen MR) is 80.6 cm³/mol. The molecule has 1 rings (SSSR count). The van der Waals surface area contributed by atoms with E-state index in [0.29, 0.717) is 11.4 Å². The van der Waals surface area contributed by atoms with Crippen molar-refractivity contribution in [2.75, 3.05) is 31.3 Å². The van der Waals surface area contributed by atoms with E-state index in [1.165, 1.54) is 0 Å². The standard InChI is InChI=1S/C12H20N4O3S/c1-3-20(17,18)15-9-8-14-12(13)16-10-6-4-5-7-11(10)19-2/h4-7,15H,3,8-9H2,1-2H3,(H3,13,14,16). The van der Waals surface area contributed by atoms with Gasteiger partial charge in [-0.3, -0.25) is 4.99 Å². The highest BCUT2D eigenvalue weighted by molar-refractivity contribution is 7.89. The molecule has 0 aromatic heterocycles. The van der Waals surface area contributed by atoms with E-state index >= 15 is 0 Å². The highest BCUT2D eigenvalue weighted by Crippen LogP contribution is 2.22. The third-order valence-electron chi connectivity index (χ3n) is 2.47. The van der Waals surface area contributed by atoms with Gasteiger partial charge in [-0.1, -0.05) is 12.1 Å². The van der Waals surface area contributed by atoms with Gasteiger partial charge in [0.15, 0.2) is 5.96 Å².